The molecule has 148 valence electrons. The lowest BCUT2D eigenvalue weighted by atomic mass is 10.1. The monoisotopic (exact) mass is 444 g/mol. The zero-order valence-electron chi connectivity index (χ0n) is 16.2. The number of hydrogen-bond acceptors (Lipinski definition) is 3. The lowest BCUT2D eigenvalue weighted by Crippen LogP contribution is -2.32. The van der Waals surface area contributed by atoms with E-state index in [0.29, 0.717) is 19.7 Å². The van der Waals surface area contributed by atoms with Crippen molar-refractivity contribution in [3.05, 3.63) is 64.1 Å². The number of para-hydroxylation sites is 1. The Hall–Kier alpha value is -2.18. The molecule has 0 spiro atoms. The predicted molar refractivity (Wildman–Crippen MR) is 113 cm³/mol. The van der Waals surface area contributed by atoms with Gasteiger partial charge in [-0.05, 0) is 53.0 Å². The Bertz CT molecular complexity index is 836. The average Bonchev–Trinajstić information content (AvgIpc) is 3.07. The summed E-state index contributed by atoms with van der Waals surface area (Å²) in [5, 5.41) is 2.96. The maximum Gasteiger partial charge on any atom is 0.227 e. The van der Waals surface area contributed by atoms with Crippen molar-refractivity contribution in [1.82, 2.24) is 5.32 Å². The van der Waals surface area contributed by atoms with Crippen molar-refractivity contribution in [2.75, 3.05) is 11.4 Å². The summed E-state index contributed by atoms with van der Waals surface area (Å²) < 4.78 is 6.44. The highest BCUT2D eigenvalue weighted by atomic mass is 79.9. The van der Waals surface area contributed by atoms with Gasteiger partial charge in [-0.15, -0.1) is 0 Å². The van der Waals surface area contributed by atoms with Gasteiger partial charge in [-0.3, -0.25) is 9.59 Å². The van der Waals surface area contributed by atoms with Crippen molar-refractivity contribution in [1.29, 1.82) is 0 Å². The lowest BCUT2D eigenvalue weighted by Gasteiger charge is -2.18. The molecular formula is C22H25BrN2O3. The van der Waals surface area contributed by atoms with Crippen molar-refractivity contribution >= 4 is 33.4 Å². The molecule has 0 radical (unpaired) electrons. The number of benzene rings is 2. The van der Waals surface area contributed by atoms with Gasteiger partial charge in [0.1, 0.15) is 0 Å². The fourth-order valence-corrected chi connectivity index (χ4v) is 3.64. The molecule has 1 unspecified atom stereocenters. The maximum atomic E-state index is 12.5. The van der Waals surface area contributed by atoms with Gasteiger partial charge in [0.15, 0.2) is 0 Å². The fraction of sp³-hybridized carbons (Fsp3) is 0.364. The van der Waals surface area contributed by atoms with Gasteiger partial charge >= 0.3 is 0 Å². The summed E-state index contributed by atoms with van der Waals surface area (Å²) in [6, 6.07) is 15.6. The Labute approximate surface area is 174 Å². The molecule has 3 rings (SSSR count). The van der Waals surface area contributed by atoms with Gasteiger partial charge in [0.2, 0.25) is 11.8 Å². The summed E-state index contributed by atoms with van der Waals surface area (Å²) in [6.45, 7) is 5.45. The lowest BCUT2D eigenvalue weighted by molar-refractivity contribution is -0.126. The Morgan fingerprint density at radius 1 is 1.18 bits per heavy atom. The van der Waals surface area contributed by atoms with Crippen LogP contribution in [0.3, 0.4) is 0 Å². The Kier molecular flexibility index (Phi) is 6.86. The number of halogens is 1. The minimum atomic E-state index is -0.335. The second-order valence-electron chi connectivity index (χ2n) is 7.25. The van der Waals surface area contributed by atoms with Gasteiger partial charge in [-0.2, -0.15) is 0 Å². The quantitative estimate of drug-likeness (QED) is 0.700. The summed E-state index contributed by atoms with van der Waals surface area (Å²) in [7, 11) is 0. The molecule has 1 saturated heterocycles. The van der Waals surface area contributed by atoms with E-state index in [1.807, 2.05) is 62.4 Å². The van der Waals surface area contributed by atoms with E-state index in [2.05, 4.69) is 21.2 Å². The van der Waals surface area contributed by atoms with E-state index in [1.165, 1.54) is 0 Å². The van der Waals surface area contributed by atoms with Gasteiger partial charge in [-0.1, -0.05) is 36.4 Å². The third-order valence-electron chi connectivity index (χ3n) is 4.71. The molecule has 1 aliphatic rings. The van der Waals surface area contributed by atoms with Crippen LogP contribution < -0.4 is 10.2 Å². The number of carbonyl (C=O) groups is 2. The number of hydrogen-bond donors (Lipinski definition) is 1. The average molecular weight is 445 g/mol. The SMILES string of the molecule is CC(C)OCc1ccc(CNC(=O)C2CC(=O)N(c3ccccc3Br)C2)cc1. The molecule has 0 saturated carbocycles. The number of rotatable bonds is 7. The van der Waals surface area contributed by atoms with Crippen LogP contribution in [0.1, 0.15) is 31.4 Å². The molecule has 0 aliphatic carbocycles. The minimum absolute atomic E-state index is 0.0263. The first-order valence-electron chi connectivity index (χ1n) is 9.46. The van der Waals surface area contributed by atoms with Crippen LogP contribution in [0.2, 0.25) is 0 Å². The topological polar surface area (TPSA) is 58.6 Å². The highest BCUT2D eigenvalue weighted by molar-refractivity contribution is 9.10. The molecule has 6 heteroatoms. The zero-order chi connectivity index (χ0) is 20.1. The van der Waals surface area contributed by atoms with E-state index < -0.39 is 0 Å². The molecule has 0 aromatic heterocycles. The summed E-state index contributed by atoms with van der Waals surface area (Å²) >= 11 is 3.47. The number of amides is 2. The molecule has 1 fully saturated rings. The van der Waals surface area contributed by atoms with Crippen LogP contribution in [0.25, 0.3) is 0 Å². The normalized spacial score (nSPS) is 16.6. The molecule has 1 N–H and O–H groups in total. The first-order chi connectivity index (χ1) is 13.4. The van der Waals surface area contributed by atoms with E-state index in [9.17, 15) is 9.59 Å². The first kappa shape index (κ1) is 20.6. The second kappa shape index (κ2) is 9.34. The van der Waals surface area contributed by atoms with Crippen LogP contribution in [-0.2, 0) is 27.5 Å². The van der Waals surface area contributed by atoms with E-state index in [0.717, 1.165) is 21.3 Å². The van der Waals surface area contributed by atoms with Gasteiger partial charge in [0.05, 0.1) is 24.3 Å². The number of nitrogens with one attached hydrogen (secondary N) is 1. The molecular weight excluding hydrogens is 420 g/mol. The smallest absolute Gasteiger partial charge is 0.227 e. The third kappa shape index (κ3) is 5.20. The van der Waals surface area contributed by atoms with Gasteiger partial charge < -0.3 is 15.0 Å². The van der Waals surface area contributed by atoms with Crippen LogP contribution in [-0.4, -0.2) is 24.5 Å². The van der Waals surface area contributed by atoms with Crippen LogP contribution in [0.4, 0.5) is 5.69 Å². The van der Waals surface area contributed by atoms with Gasteiger partial charge in [0.25, 0.3) is 0 Å². The largest absolute Gasteiger partial charge is 0.374 e. The zero-order valence-corrected chi connectivity index (χ0v) is 17.7. The van der Waals surface area contributed by atoms with Crippen molar-refractivity contribution < 1.29 is 14.3 Å². The van der Waals surface area contributed by atoms with Crippen molar-refractivity contribution in [2.24, 2.45) is 5.92 Å². The van der Waals surface area contributed by atoms with Crippen LogP contribution in [0.5, 0.6) is 0 Å². The van der Waals surface area contributed by atoms with Crippen molar-refractivity contribution in [2.45, 2.75) is 39.5 Å². The van der Waals surface area contributed by atoms with Crippen LogP contribution >= 0.6 is 15.9 Å². The second-order valence-corrected chi connectivity index (χ2v) is 8.11. The van der Waals surface area contributed by atoms with E-state index >= 15 is 0 Å². The van der Waals surface area contributed by atoms with E-state index in [-0.39, 0.29) is 30.3 Å². The van der Waals surface area contributed by atoms with Crippen molar-refractivity contribution in [3.8, 4) is 0 Å². The minimum Gasteiger partial charge on any atom is -0.374 e. The van der Waals surface area contributed by atoms with Gasteiger partial charge in [-0.25, -0.2) is 0 Å². The number of carbonyl (C=O) groups excluding carboxylic acids is 2. The maximum absolute atomic E-state index is 12.5. The molecule has 2 aromatic carbocycles. The Morgan fingerprint density at radius 2 is 1.86 bits per heavy atom. The number of anilines is 1. The van der Waals surface area contributed by atoms with Crippen molar-refractivity contribution in [3.63, 3.8) is 0 Å². The van der Waals surface area contributed by atoms with Crippen LogP contribution in [0.15, 0.2) is 53.0 Å². The molecule has 1 atom stereocenters. The highest BCUT2D eigenvalue weighted by Crippen LogP contribution is 2.31. The Balaban J connectivity index is 1.53. The summed E-state index contributed by atoms with van der Waals surface area (Å²) in [6.07, 6.45) is 0.433. The predicted octanol–water partition coefficient (Wildman–Crippen LogP) is 4.04. The molecule has 5 nitrogen and oxygen atoms in total. The molecule has 1 heterocycles. The van der Waals surface area contributed by atoms with E-state index in [4.69, 9.17) is 4.74 Å². The molecule has 28 heavy (non-hydrogen) atoms. The standard InChI is InChI=1S/C22H25BrN2O3/c1-15(2)28-14-17-9-7-16(8-10-17)12-24-22(27)18-11-21(26)25(13-18)20-6-4-3-5-19(20)23/h3-10,15,18H,11-14H2,1-2H3,(H,24,27). The highest BCUT2D eigenvalue weighted by Gasteiger charge is 2.35. The fourth-order valence-electron chi connectivity index (χ4n) is 3.14. The summed E-state index contributed by atoms with van der Waals surface area (Å²) in [5.41, 5.74) is 2.94. The number of ether oxygens (including phenoxy) is 1. The Morgan fingerprint density at radius 3 is 2.54 bits per heavy atom. The summed E-state index contributed by atoms with van der Waals surface area (Å²) in [5.74, 6) is -0.449. The number of nitrogens with zero attached hydrogens (tertiary/aromatic N) is 1. The van der Waals surface area contributed by atoms with E-state index in [1.54, 1.807) is 4.90 Å². The van der Waals surface area contributed by atoms with Gasteiger partial charge in [0, 0.05) is 24.0 Å². The first-order valence-corrected chi connectivity index (χ1v) is 10.3. The molecule has 1 aliphatic heterocycles. The molecule has 2 amide bonds. The summed E-state index contributed by atoms with van der Waals surface area (Å²) in [4.78, 5) is 26.6. The molecule has 2 aromatic rings. The third-order valence-corrected chi connectivity index (χ3v) is 5.38. The van der Waals surface area contributed by atoms with Crippen LogP contribution in [0, 0.1) is 5.92 Å². The molecule has 0 bridgehead atoms.